The van der Waals surface area contributed by atoms with Crippen molar-refractivity contribution in [1.29, 1.82) is 0 Å². The second-order valence-corrected chi connectivity index (χ2v) is 12.1. The number of fused-ring (bicyclic) bond motifs is 4. The van der Waals surface area contributed by atoms with Crippen LogP contribution in [0.4, 0.5) is 11.4 Å². The normalized spacial score (nSPS) is 19.3. The van der Waals surface area contributed by atoms with Crippen molar-refractivity contribution in [3.8, 4) is 0 Å². The second-order valence-electron chi connectivity index (χ2n) is 12.1. The van der Waals surface area contributed by atoms with Crippen molar-refractivity contribution >= 4 is 32.9 Å². The van der Waals surface area contributed by atoms with Gasteiger partial charge in [0.05, 0.1) is 7.05 Å². The number of anilines is 1. The fourth-order valence-electron chi connectivity index (χ4n) is 7.09. The van der Waals surface area contributed by atoms with E-state index in [1.807, 2.05) is 6.08 Å². The summed E-state index contributed by atoms with van der Waals surface area (Å²) in [6.07, 6.45) is 22.1. The molecule has 2 atom stereocenters. The van der Waals surface area contributed by atoms with E-state index < -0.39 is 0 Å². The van der Waals surface area contributed by atoms with Crippen LogP contribution in [-0.4, -0.2) is 14.1 Å². The predicted octanol–water partition coefficient (Wildman–Crippen LogP) is 9.58. The smallest absolute Gasteiger partial charge is 0.133 e. The summed E-state index contributed by atoms with van der Waals surface area (Å²) in [5, 5.41) is 7.46. The van der Waals surface area contributed by atoms with Crippen molar-refractivity contribution < 1.29 is 5.32 Å². The molecule has 0 aliphatic carbocycles. The monoisotopic (exact) mass is 565 g/mol. The van der Waals surface area contributed by atoms with Gasteiger partial charge >= 0.3 is 0 Å². The van der Waals surface area contributed by atoms with Gasteiger partial charge in [-0.15, -0.1) is 13.2 Å². The summed E-state index contributed by atoms with van der Waals surface area (Å²) in [7, 11) is 4.31. The van der Waals surface area contributed by atoms with Crippen molar-refractivity contribution in [2.24, 2.45) is 0 Å². The zero-order chi connectivity index (χ0) is 30.5. The highest BCUT2D eigenvalue weighted by Gasteiger charge is 2.42. The van der Waals surface area contributed by atoms with Gasteiger partial charge in [0, 0.05) is 34.8 Å². The zero-order valence-electron chi connectivity index (χ0n) is 26.2. The van der Waals surface area contributed by atoms with Gasteiger partial charge in [0.1, 0.15) is 5.69 Å². The highest BCUT2D eigenvalue weighted by Crippen LogP contribution is 2.52. The average molecular weight is 566 g/mol. The molecule has 0 saturated heterocycles. The van der Waals surface area contributed by atoms with Crippen LogP contribution in [0.25, 0.3) is 21.5 Å². The van der Waals surface area contributed by atoms with E-state index in [-0.39, 0.29) is 10.8 Å². The van der Waals surface area contributed by atoms with E-state index in [4.69, 9.17) is 0 Å². The number of rotatable bonds is 11. The number of allylic oxidation sites excluding steroid dienone is 10. The molecule has 4 aromatic carbocycles. The lowest BCUT2D eigenvalue weighted by molar-refractivity contribution is -0.540. The molecule has 2 heteroatoms. The summed E-state index contributed by atoms with van der Waals surface area (Å²) < 4.78 is 0. The van der Waals surface area contributed by atoms with Gasteiger partial charge < -0.3 is 10.2 Å². The molecule has 0 aromatic heterocycles. The lowest BCUT2D eigenvalue weighted by Crippen LogP contribution is -2.73. The minimum Gasteiger partial charge on any atom is -0.347 e. The molecule has 0 spiro atoms. The topological polar surface area (TPSA) is 19.9 Å². The van der Waals surface area contributed by atoms with Crippen molar-refractivity contribution in [1.82, 2.24) is 0 Å². The lowest BCUT2D eigenvalue weighted by atomic mass is 9.74. The van der Waals surface area contributed by atoms with Gasteiger partial charge in [-0.3, -0.25) is 0 Å². The maximum Gasteiger partial charge on any atom is 0.133 e. The fraction of sp³-hybridized carbons (Fsp3) is 0.220. The van der Waals surface area contributed by atoms with Gasteiger partial charge in [0.2, 0.25) is 0 Å². The molecule has 1 heterocycles. The molecule has 2 N–H and O–H groups in total. The standard InChI is InChI=1S/C41H44N2/c1-7-28-40(3,38-33-21-16-14-19-31(33)24-26-35(38)42-5)30-18-12-10-9-11-13-23-37-41(4,29-8-2)39-34-22-17-15-20-32(34)25-27-36(39)43(37)6/h7-27,42H,1-2,28-30H2,3-6H3/p+1/b10-9+,13-11+,18-12+,37-23+. The quantitative estimate of drug-likeness (QED) is 0.109. The van der Waals surface area contributed by atoms with Crippen LogP contribution in [0, 0.1) is 0 Å². The molecule has 0 saturated carbocycles. The Balaban J connectivity index is 1.35. The minimum absolute atomic E-state index is 0.0447. The fourth-order valence-corrected chi connectivity index (χ4v) is 7.09. The molecule has 2 nitrogen and oxygen atoms in total. The maximum atomic E-state index is 4.10. The first-order chi connectivity index (χ1) is 20.9. The van der Waals surface area contributed by atoms with E-state index in [0.29, 0.717) is 0 Å². The SMILES string of the molecule is C=CCC(C)(C/C=C/C=C/C=C/C=C1/N(C)c2ccc3ccccc3c2C1(C)CC=C)c1c([NH2+]C)ccc2ccccc12. The van der Waals surface area contributed by atoms with Crippen molar-refractivity contribution in [2.45, 2.75) is 43.9 Å². The maximum absolute atomic E-state index is 4.10. The molecule has 0 amide bonds. The Bertz CT molecular complexity index is 1770. The van der Waals surface area contributed by atoms with Crippen LogP contribution < -0.4 is 10.2 Å². The van der Waals surface area contributed by atoms with Gasteiger partial charge in [-0.05, 0) is 77.6 Å². The molecule has 1 aliphatic rings. The first-order valence-corrected chi connectivity index (χ1v) is 15.4. The Labute approximate surface area is 258 Å². The predicted molar refractivity (Wildman–Crippen MR) is 188 cm³/mol. The van der Waals surface area contributed by atoms with E-state index in [0.717, 1.165) is 19.3 Å². The molecule has 4 aromatic rings. The average Bonchev–Trinajstić information content (AvgIpc) is 3.23. The van der Waals surface area contributed by atoms with E-state index >= 15 is 0 Å². The molecule has 1 aliphatic heterocycles. The lowest BCUT2D eigenvalue weighted by Gasteiger charge is -2.30. The second kappa shape index (κ2) is 12.9. The van der Waals surface area contributed by atoms with E-state index in [2.05, 4.69) is 173 Å². The molecule has 2 unspecified atom stereocenters. The molecule has 0 bridgehead atoms. The van der Waals surface area contributed by atoms with E-state index in [1.165, 1.54) is 49.7 Å². The molecular formula is C41H45N2+. The number of hydrogen-bond acceptors (Lipinski definition) is 1. The first kappa shape index (κ1) is 30.1. The number of benzene rings is 4. The van der Waals surface area contributed by atoms with Crippen LogP contribution in [-0.2, 0) is 10.8 Å². The largest absolute Gasteiger partial charge is 0.347 e. The first-order valence-electron chi connectivity index (χ1n) is 15.4. The Kier molecular flexibility index (Phi) is 8.99. The Morgan fingerprint density at radius 1 is 0.791 bits per heavy atom. The summed E-state index contributed by atoms with van der Waals surface area (Å²) in [5.74, 6) is 0. The van der Waals surface area contributed by atoms with Crippen LogP contribution in [0.15, 0.2) is 146 Å². The summed E-state index contributed by atoms with van der Waals surface area (Å²) in [6.45, 7) is 12.9. The summed E-state index contributed by atoms with van der Waals surface area (Å²) in [4.78, 5) is 2.34. The van der Waals surface area contributed by atoms with Gasteiger partial charge in [-0.2, -0.15) is 0 Å². The Morgan fingerprint density at radius 2 is 1.44 bits per heavy atom. The highest BCUT2D eigenvalue weighted by atomic mass is 15.2. The molecular weight excluding hydrogens is 520 g/mol. The number of hydrogen-bond donors (Lipinski definition) is 1. The van der Waals surface area contributed by atoms with Crippen LogP contribution in [0.2, 0.25) is 0 Å². The Hall–Kier alpha value is -4.40. The molecule has 5 rings (SSSR count). The van der Waals surface area contributed by atoms with E-state index in [9.17, 15) is 0 Å². The molecule has 218 valence electrons. The molecule has 43 heavy (non-hydrogen) atoms. The Morgan fingerprint density at radius 3 is 2.16 bits per heavy atom. The number of quaternary nitrogens is 1. The third-order valence-electron chi connectivity index (χ3n) is 9.17. The van der Waals surface area contributed by atoms with Gasteiger partial charge in [0.25, 0.3) is 0 Å². The van der Waals surface area contributed by atoms with Crippen LogP contribution in [0.5, 0.6) is 0 Å². The van der Waals surface area contributed by atoms with Crippen LogP contribution in [0.3, 0.4) is 0 Å². The molecule has 0 radical (unpaired) electrons. The van der Waals surface area contributed by atoms with E-state index in [1.54, 1.807) is 0 Å². The third kappa shape index (κ3) is 5.68. The summed E-state index contributed by atoms with van der Waals surface area (Å²) >= 11 is 0. The highest BCUT2D eigenvalue weighted by molar-refractivity contribution is 5.95. The van der Waals surface area contributed by atoms with Crippen LogP contribution >= 0.6 is 0 Å². The van der Waals surface area contributed by atoms with Crippen LogP contribution in [0.1, 0.15) is 44.2 Å². The van der Waals surface area contributed by atoms with Gasteiger partial charge in [-0.1, -0.05) is 110 Å². The van der Waals surface area contributed by atoms with Crippen molar-refractivity contribution in [2.75, 3.05) is 19.0 Å². The summed E-state index contributed by atoms with van der Waals surface area (Å²) in [6, 6.07) is 26.4. The third-order valence-corrected chi connectivity index (χ3v) is 9.17. The minimum atomic E-state index is -0.132. The summed E-state index contributed by atoms with van der Waals surface area (Å²) in [5.41, 5.74) is 6.49. The number of nitrogens with two attached hydrogens (primary N) is 1. The number of likely N-dealkylation sites (N-methyl/N-ethyl adjacent to an activating group) is 1. The molecule has 0 fully saturated rings. The van der Waals surface area contributed by atoms with Crippen molar-refractivity contribution in [3.63, 3.8) is 0 Å². The van der Waals surface area contributed by atoms with Gasteiger partial charge in [0.15, 0.2) is 0 Å². The zero-order valence-corrected chi connectivity index (χ0v) is 26.2. The van der Waals surface area contributed by atoms with Crippen molar-refractivity contribution in [3.05, 3.63) is 157 Å². The number of nitrogens with zero attached hydrogens (tertiary/aromatic N) is 1. The van der Waals surface area contributed by atoms with Gasteiger partial charge in [-0.25, -0.2) is 0 Å².